The fraction of sp³-hybridized carbons (Fsp3) is 0.778. The summed E-state index contributed by atoms with van der Waals surface area (Å²) < 4.78 is 0. The van der Waals surface area contributed by atoms with E-state index in [2.05, 4.69) is 11.4 Å². The molecule has 0 aliphatic carbocycles. The summed E-state index contributed by atoms with van der Waals surface area (Å²) in [4.78, 5) is 11.2. The SMILES string of the molecule is CC[C@H](N)C(=O)NCC(C)(C)C#N. The number of rotatable bonds is 4. The van der Waals surface area contributed by atoms with Crippen LogP contribution in [-0.4, -0.2) is 18.5 Å². The molecule has 0 rings (SSSR count). The quantitative estimate of drug-likeness (QED) is 0.661. The van der Waals surface area contributed by atoms with Crippen molar-refractivity contribution >= 4 is 5.91 Å². The highest BCUT2D eigenvalue weighted by Gasteiger charge is 2.19. The Morgan fingerprint density at radius 1 is 1.69 bits per heavy atom. The highest BCUT2D eigenvalue weighted by atomic mass is 16.2. The van der Waals surface area contributed by atoms with E-state index in [1.165, 1.54) is 0 Å². The summed E-state index contributed by atoms with van der Waals surface area (Å²) in [6.45, 7) is 5.73. The van der Waals surface area contributed by atoms with Gasteiger partial charge in [-0.2, -0.15) is 5.26 Å². The molecule has 0 aromatic carbocycles. The Kier molecular flexibility index (Phi) is 4.43. The van der Waals surface area contributed by atoms with Gasteiger partial charge < -0.3 is 11.1 Å². The number of nitrogens with two attached hydrogens (primary N) is 1. The van der Waals surface area contributed by atoms with E-state index in [0.29, 0.717) is 13.0 Å². The van der Waals surface area contributed by atoms with Crippen molar-refractivity contribution < 1.29 is 4.79 Å². The van der Waals surface area contributed by atoms with Crippen LogP contribution in [0.1, 0.15) is 27.2 Å². The van der Waals surface area contributed by atoms with E-state index in [1.807, 2.05) is 6.92 Å². The summed E-state index contributed by atoms with van der Waals surface area (Å²) in [6, 6.07) is 1.63. The average Bonchev–Trinajstić information content (AvgIpc) is 2.13. The molecule has 0 radical (unpaired) electrons. The van der Waals surface area contributed by atoms with Crippen molar-refractivity contribution in [2.75, 3.05) is 6.54 Å². The van der Waals surface area contributed by atoms with Crippen molar-refractivity contribution in [2.45, 2.75) is 33.2 Å². The number of nitrogens with one attached hydrogen (secondary N) is 1. The summed E-state index contributed by atoms with van der Waals surface area (Å²) in [6.07, 6.45) is 0.610. The first-order chi connectivity index (χ1) is 5.93. The number of carbonyl (C=O) groups is 1. The van der Waals surface area contributed by atoms with Crippen LogP contribution in [0.2, 0.25) is 0 Å². The molecule has 1 amide bonds. The predicted octanol–water partition coefficient (Wildman–Crippen LogP) is 0.390. The van der Waals surface area contributed by atoms with Crippen LogP contribution in [-0.2, 0) is 4.79 Å². The van der Waals surface area contributed by atoms with E-state index >= 15 is 0 Å². The van der Waals surface area contributed by atoms with Gasteiger partial charge in [-0.3, -0.25) is 4.79 Å². The first-order valence-electron chi connectivity index (χ1n) is 4.37. The van der Waals surface area contributed by atoms with Crippen LogP contribution in [0, 0.1) is 16.7 Å². The number of amides is 1. The molecule has 0 heterocycles. The second-order valence-electron chi connectivity index (χ2n) is 3.73. The van der Waals surface area contributed by atoms with E-state index in [0.717, 1.165) is 0 Å². The molecule has 0 aliphatic rings. The molecule has 0 saturated carbocycles. The van der Waals surface area contributed by atoms with Crippen LogP contribution in [0.5, 0.6) is 0 Å². The van der Waals surface area contributed by atoms with Crippen molar-refractivity contribution in [3.05, 3.63) is 0 Å². The highest BCUT2D eigenvalue weighted by molar-refractivity contribution is 5.81. The average molecular weight is 183 g/mol. The lowest BCUT2D eigenvalue weighted by Gasteiger charge is -2.17. The van der Waals surface area contributed by atoms with Crippen LogP contribution in [0.4, 0.5) is 0 Å². The van der Waals surface area contributed by atoms with Crippen LogP contribution in [0.15, 0.2) is 0 Å². The Hall–Kier alpha value is -1.08. The van der Waals surface area contributed by atoms with Gasteiger partial charge in [0.1, 0.15) is 0 Å². The molecule has 0 fully saturated rings. The van der Waals surface area contributed by atoms with E-state index in [4.69, 9.17) is 11.0 Å². The molecular formula is C9H17N3O. The van der Waals surface area contributed by atoms with Gasteiger partial charge in [0.05, 0.1) is 17.5 Å². The van der Waals surface area contributed by atoms with E-state index < -0.39 is 11.5 Å². The molecule has 1 atom stereocenters. The van der Waals surface area contributed by atoms with Crippen LogP contribution in [0.3, 0.4) is 0 Å². The second-order valence-corrected chi connectivity index (χ2v) is 3.73. The van der Waals surface area contributed by atoms with Gasteiger partial charge in [-0.25, -0.2) is 0 Å². The molecule has 74 valence electrons. The third-order valence-corrected chi connectivity index (χ3v) is 1.78. The topological polar surface area (TPSA) is 78.9 Å². The van der Waals surface area contributed by atoms with Crippen molar-refractivity contribution in [3.63, 3.8) is 0 Å². The minimum Gasteiger partial charge on any atom is -0.353 e. The molecule has 0 aromatic heterocycles. The molecule has 0 aliphatic heterocycles. The van der Waals surface area contributed by atoms with E-state index in [1.54, 1.807) is 13.8 Å². The van der Waals surface area contributed by atoms with Gasteiger partial charge in [0.15, 0.2) is 0 Å². The Bertz CT molecular complexity index is 217. The smallest absolute Gasteiger partial charge is 0.236 e. The van der Waals surface area contributed by atoms with Gasteiger partial charge in [0.25, 0.3) is 0 Å². The van der Waals surface area contributed by atoms with Gasteiger partial charge in [-0.05, 0) is 20.3 Å². The van der Waals surface area contributed by atoms with Gasteiger partial charge >= 0.3 is 0 Å². The number of nitriles is 1. The molecule has 4 heteroatoms. The Balaban J connectivity index is 3.91. The monoisotopic (exact) mass is 183 g/mol. The van der Waals surface area contributed by atoms with Crippen LogP contribution < -0.4 is 11.1 Å². The molecule has 3 N–H and O–H groups in total. The van der Waals surface area contributed by atoms with Crippen LogP contribution in [0.25, 0.3) is 0 Å². The minimum atomic E-state index is -0.525. The Morgan fingerprint density at radius 3 is 2.62 bits per heavy atom. The zero-order valence-electron chi connectivity index (χ0n) is 8.42. The molecule has 4 nitrogen and oxygen atoms in total. The van der Waals surface area contributed by atoms with Crippen molar-refractivity contribution in [1.29, 1.82) is 5.26 Å². The first-order valence-corrected chi connectivity index (χ1v) is 4.37. The predicted molar refractivity (Wildman–Crippen MR) is 50.7 cm³/mol. The van der Waals surface area contributed by atoms with Crippen molar-refractivity contribution in [3.8, 4) is 6.07 Å². The fourth-order valence-electron chi connectivity index (χ4n) is 0.664. The largest absolute Gasteiger partial charge is 0.353 e. The molecular weight excluding hydrogens is 166 g/mol. The van der Waals surface area contributed by atoms with Crippen LogP contribution >= 0.6 is 0 Å². The molecule has 13 heavy (non-hydrogen) atoms. The Morgan fingerprint density at radius 2 is 2.23 bits per heavy atom. The fourth-order valence-corrected chi connectivity index (χ4v) is 0.664. The van der Waals surface area contributed by atoms with Gasteiger partial charge in [-0.1, -0.05) is 6.92 Å². The molecule has 0 saturated heterocycles. The highest BCUT2D eigenvalue weighted by Crippen LogP contribution is 2.10. The lowest BCUT2D eigenvalue weighted by Crippen LogP contribution is -2.43. The zero-order valence-corrected chi connectivity index (χ0v) is 8.42. The van der Waals surface area contributed by atoms with Gasteiger partial charge in [0, 0.05) is 6.54 Å². The summed E-state index contributed by atoms with van der Waals surface area (Å²) >= 11 is 0. The first kappa shape index (κ1) is 11.9. The maximum atomic E-state index is 11.2. The molecule has 0 spiro atoms. The zero-order chi connectivity index (χ0) is 10.5. The van der Waals surface area contributed by atoms with E-state index in [9.17, 15) is 4.79 Å². The van der Waals surface area contributed by atoms with E-state index in [-0.39, 0.29) is 5.91 Å². The maximum Gasteiger partial charge on any atom is 0.236 e. The van der Waals surface area contributed by atoms with Gasteiger partial charge in [-0.15, -0.1) is 0 Å². The lowest BCUT2D eigenvalue weighted by atomic mass is 9.96. The third kappa shape index (κ3) is 4.48. The van der Waals surface area contributed by atoms with Crippen molar-refractivity contribution in [1.82, 2.24) is 5.32 Å². The number of nitrogens with zero attached hydrogens (tertiary/aromatic N) is 1. The van der Waals surface area contributed by atoms with Gasteiger partial charge in [0.2, 0.25) is 5.91 Å². The summed E-state index contributed by atoms with van der Waals surface area (Å²) in [7, 11) is 0. The third-order valence-electron chi connectivity index (χ3n) is 1.78. The Labute approximate surface area is 79.1 Å². The second kappa shape index (κ2) is 4.83. The molecule has 0 aromatic rings. The lowest BCUT2D eigenvalue weighted by molar-refractivity contribution is -0.122. The molecule has 0 unspecified atom stereocenters. The summed E-state index contributed by atoms with van der Waals surface area (Å²) in [5, 5.41) is 11.3. The summed E-state index contributed by atoms with van der Waals surface area (Å²) in [5.74, 6) is -0.189. The molecule has 0 bridgehead atoms. The number of hydrogen-bond donors (Lipinski definition) is 2. The maximum absolute atomic E-state index is 11.2. The van der Waals surface area contributed by atoms with Crippen molar-refractivity contribution in [2.24, 2.45) is 11.1 Å². The standard InChI is InChI=1S/C9H17N3O/c1-4-7(11)8(13)12-6-9(2,3)5-10/h7H,4,6,11H2,1-3H3,(H,12,13)/t7-/m0/s1. The summed E-state index contributed by atoms with van der Waals surface area (Å²) in [5.41, 5.74) is 4.97. The minimum absolute atomic E-state index is 0.189. The number of carbonyl (C=O) groups excluding carboxylic acids is 1. The normalized spacial score (nSPS) is 13.2. The number of hydrogen-bond acceptors (Lipinski definition) is 3.